The second-order valence-corrected chi connectivity index (χ2v) is 12.4. The molecule has 0 saturated carbocycles. The van der Waals surface area contributed by atoms with Gasteiger partial charge in [-0.2, -0.15) is 0 Å². The number of aryl methyl sites for hydroxylation is 1. The van der Waals surface area contributed by atoms with Crippen LogP contribution < -0.4 is 24.8 Å². The molecule has 0 aliphatic heterocycles. The highest BCUT2D eigenvalue weighted by molar-refractivity contribution is 5.62. The fraction of sp³-hybridized carbons (Fsp3) is 0.442. The Balaban J connectivity index is 1.54. The number of unbranched alkanes of at least 4 members (excludes halogenated alkanes) is 1. The van der Waals surface area contributed by atoms with Crippen molar-refractivity contribution in [2.24, 2.45) is 0 Å². The molecular formula is C43H60N4O. The molecule has 0 aliphatic rings. The predicted molar refractivity (Wildman–Crippen MR) is 210 cm³/mol. The first-order chi connectivity index (χ1) is 23.5. The molecule has 1 N–H and O–H groups in total. The number of nitrogens with one attached hydrogen (secondary N) is 1. The van der Waals surface area contributed by atoms with E-state index in [1.54, 1.807) is 0 Å². The first-order valence-electron chi connectivity index (χ1n) is 18.5. The fourth-order valence-corrected chi connectivity index (χ4v) is 6.71. The zero-order valence-electron chi connectivity index (χ0n) is 30.8. The summed E-state index contributed by atoms with van der Waals surface area (Å²) in [4.78, 5) is 7.17. The largest absolute Gasteiger partial charge is 0.494 e. The van der Waals surface area contributed by atoms with Gasteiger partial charge in [0.2, 0.25) is 0 Å². The maximum Gasteiger partial charge on any atom is 0.121 e. The Kier molecular flexibility index (Phi) is 14.5. The van der Waals surface area contributed by atoms with Gasteiger partial charge in [-0.15, -0.1) is 0 Å². The van der Waals surface area contributed by atoms with Crippen LogP contribution in [0, 0.1) is 0 Å². The highest BCUT2D eigenvalue weighted by Gasteiger charge is 2.21. The lowest BCUT2D eigenvalue weighted by Gasteiger charge is -2.26. The highest BCUT2D eigenvalue weighted by Crippen LogP contribution is 2.38. The van der Waals surface area contributed by atoms with E-state index in [-0.39, 0.29) is 5.92 Å². The Hall–Kier alpha value is -4.12. The van der Waals surface area contributed by atoms with Crippen LogP contribution in [0.4, 0.5) is 22.7 Å². The summed E-state index contributed by atoms with van der Waals surface area (Å²) in [5.74, 6) is 1.07. The minimum atomic E-state index is 0.122. The Labute approximate surface area is 291 Å². The molecule has 0 atom stereocenters. The second-order valence-electron chi connectivity index (χ2n) is 12.4. The van der Waals surface area contributed by atoms with E-state index in [0.29, 0.717) is 6.61 Å². The Morgan fingerprint density at radius 3 is 1.62 bits per heavy atom. The number of hydrogen-bond acceptors (Lipinski definition) is 5. The summed E-state index contributed by atoms with van der Waals surface area (Å²) in [6.07, 6.45) is 3.04. The summed E-state index contributed by atoms with van der Waals surface area (Å²) in [6.45, 7) is 23.2. The topological polar surface area (TPSA) is 31.0 Å². The van der Waals surface area contributed by atoms with E-state index in [9.17, 15) is 0 Å². The molecule has 0 radical (unpaired) electrons. The molecule has 0 aromatic heterocycles. The van der Waals surface area contributed by atoms with Crippen LogP contribution in [-0.4, -0.2) is 52.4 Å². The number of hydrogen-bond donors (Lipinski definition) is 1. The van der Waals surface area contributed by atoms with E-state index in [4.69, 9.17) is 4.74 Å². The smallest absolute Gasteiger partial charge is 0.121 e. The molecule has 0 spiro atoms. The van der Waals surface area contributed by atoms with Crippen molar-refractivity contribution in [2.75, 3.05) is 72.4 Å². The third-order valence-electron chi connectivity index (χ3n) is 9.65. The van der Waals surface area contributed by atoms with Gasteiger partial charge in [-0.25, -0.2) is 0 Å². The standard InChI is InChI=1S/C43H60N4O/c1-8-34-20-29-41(42(32-34)44-30-15-16-31-48-40-19-17-18-39(33-40)47(13-6)14-7)43(35-21-25-37(26-22-35)45(9-2)10-3)36-23-27-38(28-24-36)46(11-4)12-5/h17-29,32-33,43-44H,8-16,30-31H2,1-7H3. The number of rotatable bonds is 20. The van der Waals surface area contributed by atoms with Crippen molar-refractivity contribution in [3.05, 3.63) is 113 Å². The summed E-state index contributed by atoms with van der Waals surface area (Å²) in [7, 11) is 0. The third kappa shape index (κ3) is 9.49. The molecule has 258 valence electrons. The maximum absolute atomic E-state index is 6.18. The molecule has 4 rings (SSSR count). The van der Waals surface area contributed by atoms with E-state index < -0.39 is 0 Å². The van der Waals surface area contributed by atoms with Gasteiger partial charge in [-0.1, -0.05) is 49.4 Å². The van der Waals surface area contributed by atoms with Gasteiger partial charge in [0, 0.05) is 80.5 Å². The summed E-state index contributed by atoms with van der Waals surface area (Å²) in [5, 5.41) is 3.86. The summed E-state index contributed by atoms with van der Waals surface area (Å²) in [6, 6.07) is 34.0. The predicted octanol–water partition coefficient (Wildman–Crippen LogP) is 10.2. The van der Waals surface area contributed by atoms with Gasteiger partial charge in [0.15, 0.2) is 0 Å². The minimum absolute atomic E-state index is 0.122. The van der Waals surface area contributed by atoms with Crippen LogP contribution in [0.2, 0.25) is 0 Å². The van der Waals surface area contributed by atoms with Gasteiger partial charge in [-0.3, -0.25) is 0 Å². The molecule has 5 nitrogen and oxygen atoms in total. The third-order valence-corrected chi connectivity index (χ3v) is 9.65. The van der Waals surface area contributed by atoms with Crippen molar-refractivity contribution < 1.29 is 4.74 Å². The zero-order chi connectivity index (χ0) is 34.3. The van der Waals surface area contributed by atoms with E-state index >= 15 is 0 Å². The van der Waals surface area contributed by atoms with Crippen molar-refractivity contribution in [1.82, 2.24) is 0 Å². The lowest BCUT2D eigenvalue weighted by atomic mass is 9.83. The first kappa shape index (κ1) is 36.7. The number of anilines is 4. The van der Waals surface area contributed by atoms with Crippen LogP contribution in [-0.2, 0) is 6.42 Å². The van der Waals surface area contributed by atoms with Crippen molar-refractivity contribution in [2.45, 2.75) is 73.6 Å². The lowest BCUT2D eigenvalue weighted by molar-refractivity contribution is 0.308. The van der Waals surface area contributed by atoms with Gasteiger partial charge in [0.25, 0.3) is 0 Å². The van der Waals surface area contributed by atoms with Crippen LogP contribution >= 0.6 is 0 Å². The summed E-state index contributed by atoms with van der Waals surface area (Å²) in [5.41, 5.74) is 10.3. The van der Waals surface area contributed by atoms with E-state index in [1.807, 2.05) is 0 Å². The van der Waals surface area contributed by atoms with E-state index in [1.165, 1.54) is 45.0 Å². The number of benzene rings is 4. The van der Waals surface area contributed by atoms with Crippen molar-refractivity contribution in [3.8, 4) is 5.75 Å². The average molecular weight is 649 g/mol. The Morgan fingerprint density at radius 1 is 0.562 bits per heavy atom. The monoisotopic (exact) mass is 648 g/mol. The van der Waals surface area contributed by atoms with Crippen molar-refractivity contribution >= 4 is 22.7 Å². The lowest BCUT2D eigenvalue weighted by Crippen LogP contribution is -2.22. The number of nitrogens with zero attached hydrogens (tertiary/aromatic N) is 3. The molecule has 4 aromatic carbocycles. The molecule has 48 heavy (non-hydrogen) atoms. The summed E-state index contributed by atoms with van der Waals surface area (Å²) < 4.78 is 6.18. The molecular weight excluding hydrogens is 589 g/mol. The Morgan fingerprint density at radius 2 is 1.10 bits per heavy atom. The molecule has 5 heteroatoms. The zero-order valence-corrected chi connectivity index (χ0v) is 30.8. The molecule has 0 heterocycles. The maximum atomic E-state index is 6.18. The van der Waals surface area contributed by atoms with Crippen LogP contribution in [0.25, 0.3) is 0 Å². The van der Waals surface area contributed by atoms with Crippen molar-refractivity contribution in [3.63, 3.8) is 0 Å². The average Bonchev–Trinajstić information content (AvgIpc) is 3.13. The SMILES string of the molecule is CCc1ccc(C(c2ccc(N(CC)CC)cc2)c2ccc(N(CC)CC)cc2)c(NCCCCOc2cccc(N(CC)CC)c2)c1. The van der Waals surface area contributed by atoms with Gasteiger partial charge < -0.3 is 24.8 Å². The van der Waals surface area contributed by atoms with Crippen LogP contribution in [0.5, 0.6) is 5.75 Å². The second kappa shape index (κ2) is 19.0. The van der Waals surface area contributed by atoms with Gasteiger partial charge in [0.1, 0.15) is 5.75 Å². The van der Waals surface area contributed by atoms with Gasteiger partial charge in [-0.05, 0) is 126 Å². The molecule has 0 amide bonds. The summed E-state index contributed by atoms with van der Waals surface area (Å²) >= 11 is 0. The van der Waals surface area contributed by atoms with Gasteiger partial charge >= 0.3 is 0 Å². The quantitative estimate of drug-likeness (QED) is 0.0761. The van der Waals surface area contributed by atoms with E-state index in [2.05, 4.69) is 159 Å². The molecule has 0 unspecified atom stereocenters. The number of ether oxygens (including phenoxy) is 1. The Bertz CT molecular complexity index is 1430. The van der Waals surface area contributed by atoms with Crippen LogP contribution in [0.15, 0.2) is 91.0 Å². The van der Waals surface area contributed by atoms with Crippen molar-refractivity contribution in [1.29, 1.82) is 0 Å². The van der Waals surface area contributed by atoms with E-state index in [0.717, 1.165) is 70.8 Å². The normalized spacial score (nSPS) is 11.1. The minimum Gasteiger partial charge on any atom is -0.494 e. The molecule has 0 fully saturated rings. The molecule has 0 saturated heterocycles. The first-order valence-corrected chi connectivity index (χ1v) is 18.5. The molecule has 0 bridgehead atoms. The fourth-order valence-electron chi connectivity index (χ4n) is 6.71. The molecule has 0 aliphatic carbocycles. The molecule has 4 aromatic rings. The van der Waals surface area contributed by atoms with Crippen LogP contribution in [0.3, 0.4) is 0 Å². The van der Waals surface area contributed by atoms with Gasteiger partial charge in [0.05, 0.1) is 6.61 Å². The van der Waals surface area contributed by atoms with Crippen LogP contribution in [0.1, 0.15) is 89.5 Å². The highest BCUT2D eigenvalue weighted by atomic mass is 16.5.